The molecule has 1 atom stereocenters. The van der Waals surface area contributed by atoms with Crippen molar-refractivity contribution in [1.29, 1.82) is 0 Å². The summed E-state index contributed by atoms with van der Waals surface area (Å²) in [7, 11) is 1.53. The Bertz CT molecular complexity index is 1310. The molecule has 1 aliphatic heterocycles. The summed E-state index contributed by atoms with van der Waals surface area (Å²) in [4.78, 5) is 61.3. The van der Waals surface area contributed by atoms with Crippen molar-refractivity contribution in [3.05, 3.63) is 73.1 Å². The number of aromatic nitrogens is 1. The highest BCUT2D eigenvalue weighted by Crippen LogP contribution is 2.40. The van der Waals surface area contributed by atoms with Gasteiger partial charge in [0.1, 0.15) is 5.75 Å². The quantitative estimate of drug-likeness (QED) is 0.551. The molecule has 1 aliphatic rings. The Morgan fingerprint density at radius 1 is 0.972 bits per heavy atom. The van der Waals surface area contributed by atoms with Gasteiger partial charge >= 0.3 is 6.03 Å². The first kappa shape index (κ1) is 24.4. The molecule has 1 unspecified atom stereocenters. The molecule has 0 radical (unpaired) electrons. The van der Waals surface area contributed by atoms with Crippen LogP contribution in [0.2, 0.25) is 0 Å². The lowest BCUT2D eigenvalue weighted by atomic mass is 10.1. The third-order valence-corrected chi connectivity index (χ3v) is 5.75. The SMILES string of the molecule is COc1ccc(N(C(=O)N2C(=O)C(C(N)=O)C(=O)N(c3cccnc3)c3ccccc32)C(C)C)cc1. The van der Waals surface area contributed by atoms with Gasteiger partial charge in [0.05, 0.1) is 30.4 Å². The van der Waals surface area contributed by atoms with E-state index in [0.717, 1.165) is 4.90 Å². The van der Waals surface area contributed by atoms with Crippen LogP contribution in [0, 0.1) is 5.92 Å². The maximum Gasteiger partial charge on any atom is 0.336 e. The number of amides is 5. The average Bonchev–Trinajstić information content (AvgIpc) is 2.95. The second kappa shape index (κ2) is 9.87. The fourth-order valence-corrected chi connectivity index (χ4v) is 4.12. The summed E-state index contributed by atoms with van der Waals surface area (Å²) >= 11 is 0. The number of nitrogens with two attached hydrogens (primary N) is 1. The van der Waals surface area contributed by atoms with Gasteiger partial charge in [-0.1, -0.05) is 12.1 Å². The number of rotatable bonds is 5. The molecule has 36 heavy (non-hydrogen) atoms. The molecule has 0 spiro atoms. The van der Waals surface area contributed by atoms with Crippen LogP contribution >= 0.6 is 0 Å². The predicted molar refractivity (Wildman–Crippen MR) is 134 cm³/mol. The molecular formula is C26H25N5O5. The number of pyridine rings is 1. The van der Waals surface area contributed by atoms with Crippen LogP contribution in [0.3, 0.4) is 0 Å². The molecule has 0 fully saturated rings. The van der Waals surface area contributed by atoms with E-state index in [0.29, 0.717) is 17.1 Å². The van der Waals surface area contributed by atoms with Crippen molar-refractivity contribution in [3.8, 4) is 5.75 Å². The number of methoxy groups -OCH3 is 1. The summed E-state index contributed by atoms with van der Waals surface area (Å²) < 4.78 is 5.20. The number of primary amides is 1. The number of para-hydroxylation sites is 2. The molecule has 2 heterocycles. The molecule has 1 aromatic heterocycles. The molecule has 0 saturated carbocycles. The lowest BCUT2D eigenvalue weighted by Crippen LogP contribution is -2.54. The van der Waals surface area contributed by atoms with Gasteiger partial charge in [-0.3, -0.25) is 29.2 Å². The summed E-state index contributed by atoms with van der Waals surface area (Å²) in [5.74, 6) is -4.40. The minimum Gasteiger partial charge on any atom is -0.497 e. The standard InChI is InChI=1S/C26H25N5O5/c1-16(2)29(17-10-12-19(36-3)13-11-17)26(35)31-21-9-5-4-8-20(21)30(18-7-6-14-28-15-18)24(33)22(23(27)32)25(31)34/h4-16,22H,1-3H3,(H2,27,32). The molecule has 10 nitrogen and oxygen atoms in total. The number of hydrogen-bond acceptors (Lipinski definition) is 6. The molecule has 3 aromatic rings. The van der Waals surface area contributed by atoms with Gasteiger partial charge in [-0.25, -0.2) is 9.69 Å². The van der Waals surface area contributed by atoms with Crippen LogP contribution in [0.4, 0.5) is 27.5 Å². The van der Waals surface area contributed by atoms with Crippen LogP contribution in [0.15, 0.2) is 73.1 Å². The highest BCUT2D eigenvalue weighted by molar-refractivity contribution is 6.35. The minimum absolute atomic E-state index is 0.132. The molecule has 10 heteroatoms. The second-order valence-corrected chi connectivity index (χ2v) is 8.33. The van der Waals surface area contributed by atoms with E-state index in [1.54, 1.807) is 68.4 Å². The van der Waals surface area contributed by atoms with E-state index < -0.39 is 29.7 Å². The highest BCUT2D eigenvalue weighted by atomic mass is 16.5. The number of hydrogen-bond donors (Lipinski definition) is 1. The number of carbonyl (C=O) groups is 4. The topological polar surface area (TPSA) is 126 Å². The molecule has 2 N–H and O–H groups in total. The first-order valence-electron chi connectivity index (χ1n) is 11.2. The zero-order valence-corrected chi connectivity index (χ0v) is 20.0. The van der Waals surface area contributed by atoms with E-state index in [9.17, 15) is 19.2 Å². The molecule has 5 amide bonds. The van der Waals surface area contributed by atoms with Crippen LogP contribution in [0.1, 0.15) is 13.8 Å². The van der Waals surface area contributed by atoms with Gasteiger partial charge in [0, 0.05) is 17.9 Å². The molecular weight excluding hydrogens is 462 g/mol. The second-order valence-electron chi connectivity index (χ2n) is 8.33. The Kier molecular flexibility index (Phi) is 6.69. The first-order chi connectivity index (χ1) is 17.3. The fourth-order valence-electron chi connectivity index (χ4n) is 4.12. The maximum absolute atomic E-state index is 14.0. The van der Waals surface area contributed by atoms with E-state index in [1.165, 1.54) is 35.4 Å². The smallest absolute Gasteiger partial charge is 0.336 e. The van der Waals surface area contributed by atoms with Gasteiger partial charge in [-0.05, 0) is 62.4 Å². The van der Waals surface area contributed by atoms with Gasteiger partial charge in [-0.2, -0.15) is 0 Å². The van der Waals surface area contributed by atoms with Crippen molar-refractivity contribution in [2.24, 2.45) is 11.7 Å². The van der Waals surface area contributed by atoms with Crippen molar-refractivity contribution in [2.45, 2.75) is 19.9 Å². The van der Waals surface area contributed by atoms with Gasteiger partial charge in [0.25, 0.3) is 11.8 Å². The number of urea groups is 1. The van der Waals surface area contributed by atoms with Gasteiger partial charge in [-0.15, -0.1) is 0 Å². The Balaban J connectivity index is 1.91. The lowest BCUT2D eigenvalue weighted by molar-refractivity contribution is -0.138. The number of nitrogens with zero attached hydrogens (tertiary/aromatic N) is 4. The summed E-state index contributed by atoms with van der Waals surface area (Å²) in [5.41, 5.74) is 6.73. The van der Waals surface area contributed by atoms with Gasteiger partial charge in [0.2, 0.25) is 5.91 Å². The van der Waals surface area contributed by atoms with Crippen LogP contribution in [-0.2, 0) is 14.4 Å². The van der Waals surface area contributed by atoms with E-state index in [1.807, 2.05) is 0 Å². The number of fused-ring (bicyclic) bond motifs is 1. The third-order valence-electron chi connectivity index (χ3n) is 5.75. The zero-order chi connectivity index (χ0) is 26.0. The Labute approximate surface area is 207 Å². The van der Waals surface area contributed by atoms with Crippen molar-refractivity contribution < 1.29 is 23.9 Å². The van der Waals surface area contributed by atoms with Crippen molar-refractivity contribution in [1.82, 2.24) is 4.98 Å². The van der Waals surface area contributed by atoms with Gasteiger partial charge < -0.3 is 10.5 Å². The Hall–Kier alpha value is -4.73. The number of anilines is 4. The molecule has 0 aliphatic carbocycles. The molecule has 0 bridgehead atoms. The number of benzene rings is 2. The van der Waals surface area contributed by atoms with Crippen LogP contribution in [0.25, 0.3) is 0 Å². The monoisotopic (exact) mass is 487 g/mol. The molecule has 4 rings (SSSR count). The van der Waals surface area contributed by atoms with E-state index >= 15 is 0 Å². The highest BCUT2D eigenvalue weighted by Gasteiger charge is 2.47. The maximum atomic E-state index is 14.0. The molecule has 184 valence electrons. The largest absolute Gasteiger partial charge is 0.497 e. The number of carbonyl (C=O) groups excluding carboxylic acids is 4. The minimum atomic E-state index is -1.92. The summed E-state index contributed by atoms with van der Waals surface area (Å²) in [5, 5.41) is 0. The number of imide groups is 1. The fraction of sp³-hybridized carbons (Fsp3) is 0.192. The van der Waals surface area contributed by atoms with Crippen molar-refractivity contribution >= 4 is 46.5 Å². The normalized spacial score (nSPS) is 15.4. The summed E-state index contributed by atoms with van der Waals surface area (Å²) in [6.07, 6.45) is 2.95. The summed E-state index contributed by atoms with van der Waals surface area (Å²) in [6.45, 7) is 3.57. The van der Waals surface area contributed by atoms with Crippen LogP contribution in [0.5, 0.6) is 5.75 Å². The van der Waals surface area contributed by atoms with E-state index in [-0.39, 0.29) is 17.4 Å². The average molecular weight is 488 g/mol. The Morgan fingerprint density at radius 2 is 1.64 bits per heavy atom. The molecule has 2 aromatic carbocycles. The third kappa shape index (κ3) is 4.24. The zero-order valence-electron chi connectivity index (χ0n) is 20.0. The summed E-state index contributed by atoms with van der Waals surface area (Å²) in [6, 6.07) is 15.3. The van der Waals surface area contributed by atoms with Crippen molar-refractivity contribution in [2.75, 3.05) is 21.8 Å². The number of ether oxygens (including phenoxy) is 1. The predicted octanol–water partition coefficient (Wildman–Crippen LogP) is 3.24. The lowest BCUT2D eigenvalue weighted by Gasteiger charge is -2.33. The van der Waals surface area contributed by atoms with E-state index in [4.69, 9.17) is 10.5 Å². The van der Waals surface area contributed by atoms with Gasteiger partial charge in [0.15, 0.2) is 5.92 Å². The Morgan fingerprint density at radius 3 is 2.19 bits per heavy atom. The molecule has 0 saturated heterocycles. The first-order valence-corrected chi connectivity index (χ1v) is 11.2. The van der Waals surface area contributed by atoms with E-state index in [2.05, 4.69) is 4.98 Å². The van der Waals surface area contributed by atoms with Crippen LogP contribution < -0.4 is 25.2 Å². The van der Waals surface area contributed by atoms with Crippen LogP contribution in [-0.4, -0.2) is 41.9 Å². The van der Waals surface area contributed by atoms with Crippen molar-refractivity contribution in [3.63, 3.8) is 0 Å².